The van der Waals surface area contributed by atoms with E-state index in [1.54, 1.807) is 17.0 Å². The lowest BCUT2D eigenvalue weighted by Gasteiger charge is -2.40. The van der Waals surface area contributed by atoms with Crippen LogP contribution in [0.5, 0.6) is 0 Å². The topological polar surface area (TPSA) is 38.8 Å². The predicted molar refractivity (Wildman–Crippen MR) is 100 cm³/mol. The zero-order chi connectivity index (χ0) is 19.5. The summed E-state index contributed by atoms with van der Waals surface area (Å²) in [6.07, 6.45) is 2.78. The van der Waals surface area contributed by atoms with Crippen LogP contribution < -0.4 is 0 Å². The van der Waals surface area contributed by atoms with Crippen molar-refractivity contribution in [3.8, 4) is 0 Å². The summed E-state index contributed by atoms with van der Waals surface area (Å²) in [6.45, 7) is 13.5. The Morgan fingerprint density at radius 1 is 1.31 bits per heavy atom. The molecule has 2 rings (SSSR count). The maximum atomic E-state index is 13.7. The minimum atomic E-state index is -0.608. The summed E-state index contributed by atoms with van der Waals surface area (Å²) in [7, 11) is 0. The van der Waals surface area contributed by atoms with Crippen molar-refractivity contribution in [3.63, 3.8) is 0 Å². The second kappa shape index (κ2) is 7.78. The minimum Gasteiger partial charge on any atom is -0.444 e. The molecule has 0 bridgehead atoms. The van der Waals surface area contributed by atoms with Gasteiger partial charge < -0.3 is 9.47 Å². The molecule has 0 aromatic heterocycles. The number of hydrogen-bond donors (Lipinski definition) is 0. The molecule has 1 aromatic carbocycles. The standard InChI is InChI=1S/C21H30FNO3/c1-7-13-25-21(5,6)18-12-11-17(15-9-8-10-16(22)14-15)23(18)19(24)26-20(2,3)4/h7-10,14,17-18H,1,11-13H2,2-6H3/t17-,18+/m0/s1. The van der Waals surface area contributed by atoms with Gasteiger partial charge in [0.1, 0.15) is 11.4 Å². The minimum absolute atomic E-state index is 0.175. The number of hydrogen-bond acceptors (Lipinski definition) is 3. The smallest absolute Gasteiger partial charge is 0.411 e. The van der Waals surface area contributed by atoms with Crippen molar-refractivity contribution in [2.45, 2.75) is 70.7 Å². The van der Waals surface area contributed by atoms with E-state index in [-0.39, 0.29) is 17.9 Å². The third-order valence-corrected chi connectivity index (χ3v) is 4.60. The second-order valence-corrected chi connectivity index (χ2v) is 8.25. The maximum Gasteiger partial charge on any atom is 0.411 e. The number of carbonyl (C=O) groups is 1. The van der Waals surface area contributed by atoms with Gasteiger partial charge in [0.15, 0.2) is 0 Å². The molecule has 26 heavy (non-hydrogen) atoms. The Balaban J connectivity index is 2.36. The number of rotatable bonds is 5. The van der Waals surface area contributed by atoms with Crippen LogP contribution in [-0.2, 0) is 9.47 Å². The molecule has 0 radical (unpaired) electrons. The molecule has 0 N–H and O–H groups in total. The number of ether oxygens (including phenoxy) is 2. The summed E-state index contributed by atoms with van der Waals surface area (Å²) >= 11 is 0. The molecule has 1 aliphatic heterocycles. The van der Waals surface area contributed by atoms with E-state index in [0.29, 0.717) is 6.61 Å². The van der Waals surface area contributed by atoms with Crippen LogP contribution in [0.1, 0.15) is 59.1 Å². The number of carbonyl (C=O) groups excluding carboxylic acids is 1. The van der Waals surface area contributed by atoms with Crippen molar-refractivity contribution in [1.82, 2.24) is 4.90 Å². The van der Waals surface area contributed by atoms with Gasteiger partial charge >= 0.3 is 6.09 Å². The molecule has 1 fully saturated rings. The second-order valence-electron chi connectivity index (χ2n) is 8.25. The lowest BCUT2D eigenvalue weighted by atomic mass is 9.96. The first-order valence-corrected chi connectivity index (χ1v) is 9.07. The van der Waals surface area contributed by atoms with Crippen molar-refractivity contribution < 1.29 is 18.7 Å². The average Bonchev–Trinajstić information content (AvgIpc) is 2.97. The quantitative estimate of drug-likeness (QED) is 0.671. The van der Waals surface area contributed by atoms with E-state index in [1.807, 2.05) is 40.7 Å². The Hall–Kier alpha value is -1.88. The third-order valence-electron chi connectivity index (χ3n) is 4.60. The van der Waals surface area contributed by atoms with E-state index in [2.05, 4.69) is 6.58 Å². The van der Waals surface area contributed by atoms with Crippen LogP contribution in [-0.4, -0.2) is 34.8 Å². The zero-order valence-electron chi connectivity index (χ0n) is 16.4. The van der Waals surface area contributed by atoms with Crippen LogP contribution >= 0.6 is 0 Å². The highest BCUT2D eigenvalue weighted by atomic mass is 19.1. The molecule has 2 atom stereocenters. The molecule has 0 unspecified atom stereocenters. The molecule has 4 nitrogen and oxygen atoms in total. The summed E-state index contributed by atoms with van der Waals surface area (Å²) in [5.74, 6) is -0.308. The van der Waals surface area contributed by atoms with E-state index in [0.717, 1.165) is 18.4 Å². The van der Waals surface area contributed by atoms with Gasteiger partial charge in [-0.1, -0.05) is 18.2 Å². The normalized spacial score (nSPS) is 20.9. The number of amides is 1. The largest absolute Gasteiger partial charge is 0.444 e. The van der Waals surface area contributed by atoms with Crippen LogP contribution in [0.4, 0.5) is 9.18 Å². The van der Waals surface area contributed by atoms with Gasteiger partial charge in [0.2, 0.25) is 0 Å². The van der Waals surface area contributed by atoms with E-state index in [9.17, 15) is 9.18 Å². The summed E-state index contributed by atoms with van der Waals surface area (Å²) in [5, 5.41) is 0. The summed E-state index contributed by atoms with van der Waals surface area (Å²) in [4.78, 5) is 14.7. The lowest BCUT2D eigenvalue weighted by Crippen LogP contribution is -2.51. The molecule has 0 aliphatic carbocycles. The fourth-order valence-electron chi connectivity index (χ4n) is 3.47. The summed E-state index contributed by atoms with van der Waals surface area (Å²) < 4.78 is 25.3. The SMILES string of the molecule is C=CCOC(C)(C)[C@H]1CC[C@@H](c2cccc(F)c2)N1C(=O)OC(C)(C)C. The van der Waals surface area contributed by atoms with Gasteiger partial charge in [-0.2, -0.15) is 0 Å². The molecule has 1 saturated heterocycles. The molecule has 5 heteroatoms. The summed E-state index contributed by atoms with van der Waals surface area (Å²) in [5.41, 5.74) is -0.409. The van der Waals surface area contributed by atoms with Crippen LogP contribution in [0.15, 0.2) is 36.9 Å². The monoisotopic (exact) mass is 363 g/mol. The predicted octanol–water partition coefficient (Wildman–Crippen LogP) is 5.25. The number of likely N-dealkylation sites (tertiary alicyclic amines) is 1. The first-order chi connectivity index (χ1) is 12.0. The molecular weight excluding hydrogens is 333 g/mol. The van der Waals surface area contributed by atoms with Crippen molar-refractivity contribution in [2.24, 2.45) is 0 Å². The van der Waals surface area contributed by atoms with Crippen LogP contribution in [0, 0.1) is 5.82 Å². The Labute approximate surface area is 156 Å². The fraction of sp³-hybridized carbons (Fsp3) is 0.571. The van der Waals surface area contributed by atoms with Gasteiger partial charge in [-0.25, -0.2) is 9.18 Å². The average molecular weight is 363 g/mol. The first-order valence-electron chi connectivity index (χ1n) is 9.07. The van der Waals surface area contributed by atoms with Gasteiger partial charge in [0, 0.05) is 0 Å². The highest BCUT2D eigenvalue weighted by Gasteiger charge is 2.47. The highest BCUT2D eigenvalue weighted by Crippen LogP contribution is 2.42. The Morgan fingerprint density at radius 3 is 2.58 bits per heavy atom. The van der Waals surface area contributed by atoms with Gasteiger partial charge in [0.05, 0.1) is 24.3 Å². The zero-order valence-corrected chi connectivity index (χ0v) is 16.4. The highest BCUT2D eigenvalue weighted by molar-refractivity contribution is 5.70. The van der Waals surface area contributed by atoms with Crippen molar-refractivity contribution in [3.05, 3.63) is 48.3 Å². The van der Waals surface area contributed by atoms with Crippen molar-refractivity contribution in [1.29, 1.82) is 0 Å². The third kappa shape index (κ3) is 4.85. The number of benzene rings is 1. The fourth-order valence-corrected chi connectivity index (χ4v) is 3.47. The molecule has 1 aromatic rings. The van der Waals surface area contributed by atoms with Gasteiger partial charge in [-0.05, 0) is 65.2 Å². The molecule has 144 valence electrons. The molecular formula is C21H30FNO3. The van der Waals surface area contributed by atoms with Gasteiger partial charge in [0.25, 0.3) is 0 Å². The van der Waals surface area contributed by atoms with Crippen molar-refractivity contribution in [2.75, 3.05) is 6.61 Å². The van der Waals surface area contributed by atoms with Crippen molar-refractivity contribution >= 4 is 6.09 Å². The molecule has 1 heterocycles. The van der Waals surface area contributed by atoms with Gasteiger partial charge in [-0.15, -0.1) is 6.58 Å². The molecule has 0 saturated carbocycles. The summed E-state index contributed by atoms with van der Waals surface area (Å²) in [6, 6.07) is 6.01. The van der Waals surface area contributed by atoms with Gasteiger partial charge in [-0.3, -0.25) is 4.90 Å². The molecule has 0 spiro atoms. The van der Waals surface area contributed by atoms with Crippen LogP contribution in [0.2, 0.25) is 0 Å². The lowest BCUT2D eigenvalue weighted by molar-refractivity contribution is -0.0677. The van der Waals surface area contributed by atoms with E-state index < -0.39 is 17.3 Å². The molecule has 1 aliphatic rings. The van der Waals surface area contributed by atoms with E-state index in [1.165, 1.54) is 12.1 Å². The Kier molecular flexibility index (Phi) is 6.12. The Bertz CT molecular complexity index is 651. The maximum absolute atomic E-state index is 13.7. The number of nitrogens with zero attached hydrogens (tertiary/aromatic N) is 1. The first kappa shape index (κ1) is 20.4. The Morgan fingerprint density at radius 2 is 2.00 bits per heavy atom. The van der Waals surface area contributed by atoms with Crippen LogP contribution in [0.3, 0.4) is 0 Å². The van der Waals surface area contributed by atoms with E-state index in [4.69, 9.17) is 9.47 Å². The number of halogens is 1. The molecule has 1 amide bonds. The van der Waals surface area contributed by atoms with Crippen LogP contribution in [0.25, 0.3) is 0 Å². The van der Waals surface area contributed by atoms with E-state index >= 15 is 0 Å².